The summed E-state index contributed by atoms with van der Waals surface area (Å²) in [5.41, 5.74) is 0.941. The molecule has 0 aromatic heterocycles. The molecule has 1 aliphatic rings. The van der Waals surface area contributed by atoms with Gasteiger partial charge in [-0.15, -0.1) is 0 Å². The fourth-order valence-corrected chi connectivity index (χ4v) is 3.33. The molecule has 0 saturated carbocycles. The van der Waals surface area contributed by atoms with Crippen LogP contribution in [0.5, 0.6) is 11.5 Å². The smallest absolute Gasteiger partial charge is 0.240 e. The van der Waals surface area contributed by atoms with Gasteiger partial charge in [-0.2, -0.15) is 11.8 Å². The number of para-hydroxylation sites is 1. The summed E-state index contributed by atoms with van der Waals surface area (Å²) in [6, 6.07) is 5.62. The summed E-state index contributed by atoms with van der Waals surface area (Å²) in [7, 11) is 5.05. The molecule has 1 saturated heterocycles. The molecule has 1 atom stereocenters. The number of amides is 1. The highest BCUT2D eigenvalue weighted by Crippen LogP contribution is 2.31. The number of hydrogen-bond donors (Lipinski definition) is 1. The van der Waals surface area contributed by atoms with E-state index >= 15 is 0 Å². The number of thioether (sulfide) groups is 1. The highest BCUT2D eigenvalue weighted by atomic mass is 32.2. The van der Waals surface area contributed by atoms with Crippen molar-refractivity contribution in [2.24, 2.45) is 0 Å². The molecule has 1 unspecified atom stereocenters. The Labute approximate surface area is 130 Å². The summed E-state index contributed by atoms with van der Waals surface area (Å²) in [5, 5.41) is 3.27. The molecule has 1 heterocycles. The standard InChI is InChI=1S/C15H22N2O3S/c1-17(15(18)12-10-21-8-7-16-12)9-11-5-4-6-13(19-2)14(11)20-3/h4-6,12,16H,7-10H2,1-3H3. The fraction of sp³-hybridized carbons (Fsp3) is 0.533. The SMILES string of the molecule is COc1cccc(CN(C)C(=O)C2CSCCN2)c1OC. The Morgan fingerprint density at radius 2 is 2.24 bits per heavy atom. The minimum Gasteiger partial charge on any atom is -0.493 e. The Balaban J connectivity index is 2.08. The molecule has 2 rings (SSSR count). The number of benzene rings is 1. The zero-order chi connectivity index (χ0) is 15.2. The van der Waals surface area contributed by atoms with Crippen LogP contribution in [0.25, 0.3) is 0 Å². The monoisotopic (exact) mass is 310 g/mol. The van der Waals surface area contributed by atoms with Crippen LogP contribution in [-0.2, 0) is 11.3 Å². The van der Waals surface area contributed by atoms with Crippen LogP contribution in [0.2, 0.25) is 0 Å². The average Bonchev–Trinajstić information content (AvgIpc) is 2.54. The van der Waals surface area contributed by atoms with Gasteiger partial charge in [0.15, 0.2) is 11.5 Å². The van der Waals surface area contributed by atoms with Crippen molar-refractivity contribution >= 4 is 17.7 Å². The highest BCUT2D eigenvalue weighted by Gasteiger charge is 2.24. The maximum Gasteiger partial charge on any atom is 0.240 e. The van der Waals surface area contributed by atoms with Crippen LogP contribution >= 0.6 is 11.8 Å². The summed E-state index contributed by atoms with van der Waals surface area (Å²) >= 11 is 1.81. The van der Waals surface area contributed by atoms with Crippen molar-refractivity contribution in [2.45, 2.75) is 12.6 Å². The molecule has 0 radical (unpaired) electrons. The number of likely N-dealkylation sites (N-methyl/N-ethyl adjacent to an activating group) is 1. The summed E-state index contributed by atoms with van der Waals surface area (Å²) in [5.74, 6) is 3.38. The predicted molar refractivity (Wildman–Crippen MR) is 85.1 cm³/mol. The van der Waals surface area contributed by atoms with Crippen LogP contribution in [0, 0.1) is 0 Å². The van der Waals surface area contributed by atoms with E-state index < -0.39 is 0 Å². The first-order valence-corrected chi connectivity index (χ1v) is 8.08. The first-order chi connectivity index (χ1) is 10.2. The molecule has 0 spiro atoms. The summed E-state index contributed by atoms with van der Waals surface area (Å²) in [6.45, 7) is 1.39. The molecule has 6 heteroatoms. The van der Waals surface area contributed by atoms with Crippen molar-refractivity contribution in [1.82, 2.24) is 10.2 Å². The first-order valence-electron chi connectivity index (χ1n) is 6.93. The number of rotatable bonds is 5. The maximum atomic E-state index is 12.4. The molecule has 0 aliphatic carbocycles. The summed E-state index contributed by atoms with van der Waals surface area (Å²) < 4.78 is 10.7. The lowest BCUT2D eigenvalue weighted by Crippen LogP contribution is -2.49. The second-order valence-corrected chi connectivity index (χ2v) is 6.08. The number of ether oxygens (including phenoxy) is 2. The second kappa shape index (κ2) is 7.56. The van der Waals surface area contributed by atoms with Gasteiger partial charge in [0, 0.05) is 37.2 Å². The van der Waals surface area contributed by atoms with Gasteiger partial charge in [0.05, 0.1) is 20.3 Å². The molecule has 1 amide bonds. The van der Waals surface area contributed by atoms with Crippen LogP contribution < -0.4 is 14.8 Å². The minimum absolute atomic E-state index is 0.0923. The van der Waals surface area contributed by atoms with Gasteiger partial charge < -0.3 is 19.7 Å². The number of nitrogens with zero attached hydrogens (tertiary/aromatic N) is 1. The number of carbonyl (C=O) groups is 1. The number of methoxy groups -OCH3 is 2. The van der Waals surface area contributed by atoms with Crippen LogP contribution in [-0.4, -0.2) is 56.2 Å². The quantitative estimate of drug-likeness (QED) is 0.890. The third-order valence-electron chi connectivity index (χ3n) is 3.49. The Morgan fingerprint density at radius 1 is 1.43 bits per heavy atom. The molecular formula is C15H22N2O3S. The minimum atomic E-state index is -0.0923. The van der Waals surface area contributed by atoms with Crippen molar-refractivity contribution < 1.29 is 14.3 Å². The van der Waals surface area contributed by atoms with Crippen LogP contribution in [0.1, 0.15) is 5.56 Å². The highest BCUT2D eigenvalue weighted by molar-refractivity contribution is 7.99. The normalized spacial score (nSPS) is 18.1. The maximum absolute atomic E-state index is 12.4. The van der Waals surface area contributed by atoms with Crippen molar-refractivity contribution in [1.29, 1.82) is 0 Å². The predicted octanol–water partition coefficient (Wildman–Crippen LogP) is 1.37. The van der Waals surface area contributed by atoms with Gasteiger partial charge in [0.25, 0.3) is 0 Å². The van der Waals surface area contributed by atoms with Gasteiger partial charge in [0.2, 0.25) is 5.91 Å². The lowest BCUT2D eigenvalue weighted by atomic mass is 10.1. The molecule has 1 aromatic carbocycles. The van der Waals surface area contributed by atoms with Crippen molar-refractivity contribution in [3.8, 4) is 11.5 Å². The van der Waals surface area contributed by atoms with E-state index in [0.29, 0.717) is 18.0 Å². The van der Waals surface area contributed by atoms with Gasteiger partial charge in [-0.25, -0.2) is 0 Å². The molecule has 1 aromatic rings. The fourth-order valence-electron chi connectivity index (χ4n) is 2.40. The molecular weight excluding hydrogens is 288 g/mol. The summed E-state index contributed by atoms with van der Waals surface area (Å²) in [6.07, 6.45) is 0. The van der Waals surface area contributed by atoms with Gasteiger partial charge in [-0.05, 0) is 6.07 Å². The van der Waals surface area contributed by atoms with Crippen molar-refractivity contribution in [3.63, 3.8) is 0 Å². The zero-order valence-electron chi connectivity index (χ0n) is 12.7. The molecule has 21 heavy (non-hydrogen) atoms. The van der Waals surface area contributed by atoms with E-state index in [0.717, 1.165) is 23.6 Å². The number of hydrogen-bond acceptors (Lipinski definition) is 5. The van der Waals surface area contributed by atoms with Crippen LogP contribution in [0.3, 0.4) is 0 Å². The molecule has 1 fully saturated rings. The molecule has 1 aliphatic heterocycles. The molecule has 5 nitrogen and oxygen atoms in total. The lowest BCUT2D eigenvalue weighted by molar-refractivity contribution is -0.132. The topological polar surface area (TPSA) is 50.8 Å². The third kappa shape index (κ3) is 3.83. The molecule has 116 valence electrons. The zero-order valence-corrected chi connectivity index (χ0v) is 13.5. The van der Waals surface area contributed by atoms with Gasteiger partial charge in [-0.3, -0.25) is 4.79 Å². The van der Waals surface area contributed by atoms with E-state index in [-0.39, 0.29) is 11.9 Å². The number of carbonyl (C=O) groups excluding carboxylic acids is 1. The van der Waals surface area contributed by atoms with Crippen LogP contribution in [0.4, 0.5) is 0 Å². The molecule has 0 bridgehead atoms. The van der Waals surface area contributed by atoms with Gasteiger partial charge in [0.1, 0.15) is 0 Å². The largest absolute Gasteiger partial charge is 0.493 e. The third-order valence-corrected chi connectivity index (χ3v) is 4.55. The summed E-state index contributed by atoms with van der Waals surface area (Å²) in [4.78, 5) is 14.2. The Morgan fingerprint density at radius 3 is 2.86 bits per heavy atom. The second-order valence-electron chi connectivity index (χ2n) is 4.93. The van der Waals surface area contributed by atoms with E-state index in [1.54, 1.807) is 19.1 Å². The Hall–Kier alpha value is -1.40. The van der Waals surface area contributed by atoms with E-state index in [4.69, 9.17) is 9.47 Å². The van der Waals surface area contributed by atoms with E-state index in [1.807, 2.05) is 37.0 Å². The number of nitrogens with one attached hydrogen (secondary N) is 1. The Kier molecular flexibility index (Phi) is 5.76. The Bertz CT molecular complexity index is 490. The van der Waals surface area contributed by atoms with E-state index in [1.165, 1.54) is 0 Å². The van der Waals surface area contributed by atoms with Gasteiger partial charge >= 0.3 is 0 Å². The lowest BCUT2D eigenvalue weighted by Gasteiger charge is -2.27. The van der Waals surface area contributed by atoms with Crippen molar-refractivity contribution in [2.75, 3.05) is 39.3 Å². The van der Waals surface area contributed by atoms with Gasteiger partial charge in [-0.1, -0.05) is 12.1 Å². The van der Waals surface area contributed by atoms with Crippen LogP contribution in [0.15, 0.2) is 18.2 Å². The van der Waals surface area contributed by atoms with E-state index in [9.17, 15) is 4.79 Å². The average molecular weight is 310 g/mol. The van der Waals surface area contributed by atoms with Crippen molar-refractivity contribution in [3.05, 3.63) is 23.8 Å². The van der Waals surface area contributed by atoms with E-state index in [2.05, 4.69) is 5.32 Å². The first kappa shape index (κ1) is 16.0. The molecule has 1 N–H and O–H groups in total.